The van der Waals surface area contributed by atoms with E-state index in [1.54, 1.807) is 43.3 Å². The SMILES string of the molecule is CCOc1cc(/C=C2\N=C(c3ccc([N+](=O)[O-])c(C)c3)OC2=O)cc(Br)c1OCc1ccccc1F. The third-order valence-electron chi connectivity index (χ3n) is 5.23. The Morgan fingerprint density at radius 2 is 1.94 bits per heavy atom. The van der Waals surface area contributed by atoms with Crippen LogP contribution >= 0.6 is 15.9 Å². The van der Waals surface area contributed by atoms with Crippen LogP contribution in [0, 0.1) is 22.9 Å². The van der Waals surface area contributed by atoms with Gasteiger partial charge in [0.25, 0.3) is 5.69 Å². The highest BCUT2D eigenvalue weighted by Gasteiger charge is 2.26. The van der Waals surface area contributed by atoms with Crippen molar-refractivity contribution >= 4 is 39.6 Å². The van der Waals surface area contributed by atoms with Gasteiger partial charge in [-0.1, -0.05) is 18.2 Å². The average molecular weight is 555 g/mol. The summed E-state index contributed by atoms with van der Waals surface area (Å²) in [6, 6.07) is 14.1. The number of nitrogens with zero attached hydrogens (tertiary/aromatic N) is 2. The lowest BCUT2D eigenvalue weighted by atomic mass is 10.1. The summed E-state index contributed by atoms with van der Waals surface area (Å²) in [5.74, 6) is -0.184. The molecule has 0 atom stereocenters. The molecule has 1 aliphatic heterocycles. The predicted octanol–water partition coefficient (Wildman–Crippen LogP) is 6.13. The number of hydrogen-bond donors (Lipinski definition) is 0. The van der Waals surface area contributed by atoms with Crippen molar-refractivity contribution in [3.05, 3.63) is 103 Å². The Bertz CT molecular complexity index is 1420. The number of nitro groups is 1. The maximum Gasteiger partial charge on any atom is 0.363 e. The van der Waals surface area contributed by atoms with Gasteiger partial charge in [-0.2, -0.15) is 0 Å². The van der Waals surface area contributed by atoms with Crippen LogP contribution in [0.25, 0.3) is 6.08 Å². The van der Waals surface area contributed by atoms with E-state index in [1.165, 1.54) is 24.3 Å². The number of halogens is 2. The molecule has 8 nitrogen and oxygen atoms in total. The summed E-state index contributed by atoms with van der Waals surface area (Å²) < 4.78 is 31.4. The molecule has 184 valence electrons. The smallest absolute Gasteiger partial charge is 0.363 e. The van der Waals surface area contributed by atoms with Crippen molar-refractivity contribution in [1.29, 1.82) is 0 Å². The minimum absolute atomic E-state index is 0.000414. The fourth-order valence-electron chi connectivity index (χ4n) is 3.52. The highest BCUT2D eigenvalue weighted by Crippen LogP contribution is 2.38. The Balaban J connectivity index is 1.62. The Morgan fingerprint density at radius 3 is 2.64 bits per heavy atom. The Kier molecular flexibility index (Phi) is 7.44. The van der Waals surface area contributed by atoms with Crippen molar-refractivity contribution in [2.75, 3.05) is 6.61 Å². The number of aryl methyl sites for hydroxylation is 1. The summed E-state index contributed by atoms with van der Waals surface area (Å²) >= 11 is 3.46. The van der Waals surface area contributed by atoms with E-state index >= 15 is 0 Å². The van der Waals surface area contributed by atoms with E-state index in [1.807, 2.05) is 6.92 Å². The monoisotopic (exact) mass is 554 g/mol. The van der Waals surface area contributed by atoms with Crippen LogP contribution in [-0.4, -0.2) is 23.4 Å². The van der Waals surface area contributed by atoms with Crippen molar-refractivity contribution in [3.63, 3.8) is 0 Å². The zero-order chi connectivity index (χ0) is 25.8. The number of benzene rings is 3. The molecule has 0 N–H and O–H groups in total. The topological polar surface area (TPSA) is 100 Å². The zero-order valence-corrected chi connectivity index (χ0v) is 20.9. The van der Waals surface area contributed by atoms with Gasteiger partial charge >= 0.3 is 5.97 Å². The lowest BCUT2D eigenvalue weighted by Gasteiger charge is -2.15. The molecule has 1 heterocycles. The number of esters is 1. The van der Waals surface area contributed by atoms with Gasteiger partial charge in [0.15, 0.2) is 17.2 Å². The molecular weight excluding hydrogens is 535 g/mol. The molecule has 10 heteroatoms. The number of hydrogen-bond acceptors (Lipinski definition) is 7. The van der Waals surface area contributed by atoms with E-state index in [4.69, 9.17) is 14.2 Å². The van der Waals surface area contributed by atoms with Gasteiger partial charge in [-0.25, -0.2) is 14.2 Å². The van der Waals surface area contributed by atoms with Crippen molar-refractivity contribution < 1.29 is 28.3 Å². The molecule has 0 fully saturated rings. The van der Waals surface area contributed by atoms with Crippen LogP contribution in [0.2, 0.25) is 0 Å². The molecule has 0 radical (unpaired) electrons. The molecule has 0 amide bonds. The number of rotatable bonds is 8. The summed E-state index contributed by atoms with van der Waals surface area (Å²) in [6.07, 6.45) is 1.53. The van der Waals surface area contributed by atoms with Gasteiger partial charge in [-0.05, 0) is 71.7 Å². The first kappa shape index (κ1) is 25.1. The fraction of sp³-hybridized carbons (Fsp3) is 0.154. The van der Waals surface area contributed by atoms with Crippen molar-refractivity contribution in [2.24, 2.45) is 4.99 Å². The minimum atomic E-state index is -0.657. The first-order chi connectivity index (χ1) is 17.3. The lowest BCUT2D eigenvalue weighted by Crippen LogP contribution is -2.06. The first-order valence-corrected chi connectivity index (χ1v) is 11.7. The van der Waals surface area contributed by atoms with E-state index in [2.05, 4.69) is 20.9 Å². The van der Waals surface area contributed by atoms with Crippen molar-refractivity contribution in [2.45, 2.75) is 20.5 Å². The van der Waals surface area contributed by atoms with Gasteiger partial charge in [0.05, 0.1) is 16.0 Å². The molecule has 0 aliphatic carbocycles. The minimum Gasteiger partial charge on any atom is -0.490 e. The molecule has 1 aliphatic rings. The van der Waals surface area contributed by atoms with Gasteiger partial charge in [-0.15, -0.1) is 0 Å². The van der Waals surface area contributed by atoms with Crippen LogP contribution in [0.3, 0.4) is 0 Å². The van der Waals surface area contributed by atoms with Crippen molar-refractivity contribution in [3.8, 4) is 11.5 Å². The molecule has 0 saturated heterocycles. The van der Waals surface area contributed by atoms with E-state index in [0.29, 0.717) is 44.8 Å². The molecule has 0 bridgehead atoms. The van der Waals surface area contributed by atoms with Gasteiger partial charge in [0, 0.05) is 22.8 Å². The normalized spacial score (nSPS) is 13.9. The summed E-state index contributed by atoms with van der Waals surface area (Å²) in [6.45, 7) is 3.77. The maximum absolute atomic E-state index is 14.0. The van der Waals surface area contributed by atoms with Crippen molar-refractivity contribution in [1.82, 2.24) is 0 Å². The summed E-state index contributed by atoms with van der Waals surface area (Å²) in [5.41, 5.74) is 1.86. The fourth-order valence-corrected chi connectivity index (χ4v) is 4.10. The Labute approximate surface area is 214 Å². The maximum atomic E-state index is 14.0. The average Bonchev–Trinajstić information content (AvgIpc) is 3.19. The number of carbonyl (C=O) groups is 1. The lowest BCUT2D eigenvalue weighted by molar-refractivity contribution is -0.385. The molecule has 36 heavy (non-hydrogen) atoms. The van der Waals surface area contributed by atoms with E-state index in [9.17, 15) is 19.3 Å². The third kappa shape index (κ3) is 5.44. The second-order valence-electron chi connectivity index (χ2n) is 7.74. The zero-order valence-electron chi connectivity index (χ0n) is 19.3. The molecule has 4 rings (SSSR count). The van der Waals surface area contributed by atoms with Crippen LogP contribution in [0.4, 0.5) is 10.1 Å². The number of carbonyl (C=O) groups excluding carboxylic acids is 1. The molecule has 0 unspecified atom stereocenters. The van der Waals surface area contributed by atoms with Gasteiger partial charge in [-0.3, -0.25) is 10.1 Å². The van der Waals surface area contributed by atoms with Crippen LogP contribution in [-0.2, 0) is 16.1 Å². The van der Waals surface area contributed by atoms with Crippen LogP contribution in [0.1, 0.15) is 29.2 Å². The van der Waals surface area contributed by atoms with Crippen LogP contribution in [0.5, 0.6) is 11.5 Å². The van der Waals surface area contributed by atoms with Crippen LogP contribution in [0.15, 0.2) is 69.8 Å². The molecule has 0 saturated carbocycles. The Morgan fingerprint density at radius 1 is 1.17 bits per heavy atom. The highest BCUT2D eigenvalue weighted by molar-refractivity contribution is 9.10. The van der Waals surface area contributed by atoms with Gasteiger partial charge in [0.2, 0.25) is 5.90 Å². The standard InChI is InChI=1S/C26H20BrFN2O6/c1-3-34-23-13-16(11-19(27)24(23)35-14-18-6-4-5-7-20(18)28)12-21-26(31)36-25(29-21)17-8-9-22(30(32)33)15(2)10-17/h4-13H,3,14H2,1-2H3/b21-12-. The number of cyclic esters (lactones) is 1. The number of aliphatic imine (C=N–C) groups is 1. The van der Waals surface area contributed by atoms with Crippen LogP contribution < -0.4 is 9.47 Å². The largest absolute Gasteiger partial charge is 0.490 e. The molecule has 0 spiro atoms. The van der Waals surface area contributed by atoms with E-state index in [0.717, 1.165) is 0 Å². The van der Waals surface area contributed by atoms with E-state index < -0.39 is 10.9 Å². The molecule has 3 aromatic rings. The predicted molar refractivity (Wildman–Crippen MR) is 134 cm³/mol. The van der Waals surface area contributed by atoms with E-state index in [-0.39, 0.29) is 29.7 Å². The summed E-state index contributed by atoms with van der Waals surface area (Å²) in [5, 5.41) is 11.1. The number of nitro benzene ring substituents is 1. The van der Waals surface area contributed by atoms with Gasteiger partial charge in [0.1, 0.15) is 12.4 Å². The first-order valence-electron chi connectivity index (χ1n) is 10.9. The third-order valence-corrected chi connectivity index (χ3v) is 5.81. The molecular formula is C26H20BrFN2O6. The molecule has 0 aromatic heterocycles. The number of ether oxygens (including phenoxy) is 3. The summed E-state index contributed by atoms with van der Waals surface area (Å²) in [4.78, 5) is 27.3. The van der Waals surface area contributed by atoms with Gasteiger partial charge < -0.3 is 14.2 Å². The highest BCUT2D eigenvalue weighted by atomic mass is 79.9. The second kappa shape index (κ2) is 10.7. The molecule has 3 aromatic carbocycles. The second-order valence-corrected chi connectivity index (χ2v) is 8.59. The summed E-state index contributed by atoms with van der Waals surface area (Å²) in [7, 11) is 0. The quantitative estimate of drug-likeness (QED) is 0.144. The Hall–Kier alpha value is -4.05.